The van der Waals surface area contributed by atoms with E-state index in [1.54, 1.807) is 14.2 Å². The molecule has 1 aromatic heterocycles. The molecule has 1 fully saturated rings. The number of anilines is 1. The molecule has 0 aliphatic carbocycles. The third kappa shape index (κ3) is 5.32. The molecule has 2 atom stereocenters. The van der Waals surface area contributed by atoms with Crippen LogP contribution in [0.5, 0.6) is 11.5 Å². The van der Waals surface area contributed by atoms with Crippen LogP contribution in [0.25, 0.3) is 10.9 Å². The Labute approximate surface area is 183 Å². The van der Waals surface area contributed by atoms with E-state index in [9.17, 15) is 13.6 Å². The van der Waals surface area contributed by atoms with E-state index in [1.165, 1.54) is 6.33 Å². The van der Waals surface area contributed by atoms with Gasteiger partial charge in [-0.05, 0) is 30.7 Å². The fourth-order valence-electron chi connectivity index (χ4n) is 3.98. The maximum Gasteiger partial charge on any atom is 0.327 e. The van der Waals surface area contributed by atoms with Crippen molar-refractivity contribution in [3.63, 3.8) is 0 Å². The lowest BCUT2D eigenvalue weighted by molar-refractivity contribution is 0.197. The minimum absolute atomic E-state index is 0.0402. The SMILES string of the molecule is COc1cc2ncnc(N3CCC(C(C)CN(NC(N)=O)S(=O)[O-])CC3)c2cc1OC. The Balaban J connectivity index is 1.71. The average molecular weight is 452 g/mol. The zero-order chi connectivity index (χ0) is 22.5. The van der Waals surface area contributed by atoms with Crippen LogP contribution in [-0.4, -0.2) is 63.0 Å². The second-order valence-electron chi connectivity index (χ2n) is 7.48. The topological polar surface area (TPSA) is 146 Å². The molecule has 2 aromatic rings. The summed E-state index contributed by atoms with van der Waals surface area (Å²) >= 11 is -2.59. The summed E-state index contributed by atoms with van der Waals surface area (Å²) in [6, 6.07) is 2.81. The van der Waals surface area contributed by atoms with Crippen LogP contribution in [0.3, 0.4) is 0 Å². The molecule has 2 heterocycles. The van der Waals surface area contributed by atoms with Gasteiger partial charge in [0.25, 0.3) is 0 Å². The minimum Gasteiger partial charge on any atom is -0.758 e. The third-order valence-corrected chi connectivity index (χ3v) is 6.23. The molecule has 31 heavy (non-hydrogen) atoms. The molecule has 1 aliphatic rings. The molecule has 11 nitrogen and oxygen atoms in total. The number of carbonyl (C=O) groups is 1. The highest BCUT2D eigenvalue weighted by molar-refractivity contribution is 7.76. The Hall–Kier alpha value is -2.70. The molecule has 3 rings (SSSR count). The van der Waals surface area contributed by atoms with Crippen molar-refractivity contribution in [2.24, 2.45) is 17.6 Å². The summed E-state index contributed by atoms with van der Waals surface area (Å²) in [5.41, 5.74) is 7.95. The molecular formula is C19H27N6O5S-. The van der Waals surface area contributed by atoms with Crippen molar-refractivity contribution in [2.75, 3.05) is 38.8 Å². The fourth-order valence-corrected chi connectivity index (χ4v) is 4.50. The Morgan fingerprint density at radius 2 is 1.97 bits per heavy atom. The van der Waals surface area contributed by atoms with Crippen LogP contribution in [-0.2, 0) is 11.3 Å². The van der Waals surface area contributed by atoms with Gasteiger partial charge in [0.2, 0.25) is 0 Å². The molecule has 2 unspecified atom stereocenters. The van der Waals surface area contributed by atoms with Crippen LogP contribution in [0.2, 0.25) is 0 Å². The first-order chi connectivity index (χ1) is 14.8. The Bertz CT molecular complexity index is 953. The molecule has 0 bridgehead atoms. The molecule has 1 aromatic carbocycles. The predicted octanol–water partition coefficient (Wildman–Crippen LogP) is 1.18. The van der Waals surface area contributed by atoms with Gasteiger partial charge >= 0.3 is 6.03 Å². The van der Waals surface area contributed by atoms with Gasteiger partial charge in [0, 0.05) is 42.4 Å². The van der Waals surface area contributed by atoms with Gasteiger partial charge < -0.3 is 24.7 Å². The molecule has 12 heteroatoms. The van der Waals surface area contributed by atoms with E-state index in [1.807, 2.05) is 19.1 Å². The number of aromatic nitrogens is 2. The van der Waals surface area contributed by atoms with Crippen LogP contribution >= 0.6 is 0 Å². The number of benzene rings is 1. The number of nitrogens with one attached hydrogen (secondary N) is 1. The largest absolute Gasteiger partial charge is 0.758 e. The van der Waals surface area contributed by atoms with E-state index in [4.69, 9.17) is 15.2 Å². The molecule has 1 aliphatic heterocycles. The second kappa shape index (κ2) is 10.1. The van der Waals surface area contributed by atoms with Crippen LogP contribution < -0.4 is 25.5 Å². The number of ether oxygens (including phenoxy) is 2. The molecule has 0 spiro atoms. The number of primary amides is 1. The quantitative estimate of drug-likeness (QED) is 0.449. The maximum atomic E-state index is 11.3. The molecule has 2 amide bonds. The monoisotopic (exact) mass is 451 g/mol. The number of nitrogens with two attached hydrogens (primary N) is 1. The number of carbonyl (C=O) groups excluding carboxylic acids is 1. The van der Waals surface area contributed by atoms with Crippen LogP contribution in [0.15, 0.2) is 18.5 Å². The van der Waals surface area contributed by atoms with Crippen molar-refractivity contribution in [3.05, 3.63) is 18.5 Å². The summed E-state index contributed by atoms with van der Waals surface area (Å²) < 4.78 is 34.3. The summed E-state index contributed by atoms with van der Waals surface area (Å²) in [6.45, 7) is 3.66. The average Bonchev–Trinajstić information content (AvgIpc) is 2.76. The number of hydrogen-bond donors (Lipinski definition) is 2. The van der Waals surface area contributed by atoms with Crippen molar-refractivity contribution >= 4 is 34.0 Å². The summed E-state index contributed by atoms with van der Waals surface area (Å²) in [5, 5.41) is 0.880. The molecule has 0 radical (unpaired) electrons. The zero-order valence-corrected chi connectivity index (χ0v) is 18.6. The lowest BCUT2D eigenvalue weighted by Gasteiger charge is -2.37. The first-order valence-electron chi connectivity index (χ1n) is 9.88. The van der Waals surface area contributed by atoms with Gasteiger partial charge in [0.05, 0.1) is 19.7 Å². The van der Waals surface area contributed by atoms with E-state index < -0.39 is 17.3 Å². The number of rotatable bonds is 8. The number of methoxy groups -OCH3 is 2. The third-order valence-electron chi connectivity index (χ3n) is 5.63. The van der Waals surface area contributed by atoms with Gasteiger partial charge in [-0.25, -0.2) is 14.8 Å². The van der Waals surface area contributed by atoms with Gasteiger partial charge in [-0.3, -0.25) is 9.63 Å². The molecule has 3 N–H and O–H groups in total. The van der Waals surface area contributed by atoms with Crippen LogP contribution in [0.1, 0.15) is 19.8 Å². The van der Waals surface area contributed by atoms with Gasteiger partial charge in [0.1, 0.15) is 12.1 Å². The zero-order valence-electron chi connectivity index (χ0n) is 17.7. The van der Waals surface area contributed by atoms with Gasteiger partial charge in [-0.15, -0.1) is 4.41 Å². The Morgan fingerprint density at radius 3 is 2.55 bits per heavy atom. The highest BCUT2D eigenvalue weighted by Crippen LogP contribution is 2.36. The molecule has 1 saturated heterocycles. The number of nitrogens with zero attached hydrogens (tertiary/aromatic N) is 4. The smallest absolute Gasteiger partial charge is 0.327 e. The Kier molecular flexibility index (Phi) is 7.46. The van der Waals surface area contributed by atoms with Gasteiger partial charge in [-0.2, -0.15) is 0 Å². The van der Waals surface area contributed by atoms with Crippen molar-refractivity contribution in [3.8, 4) is 11.5 Å². The Morgan fingerprint density at radius 1 is 1.32 bits per heavy atom. The lowest BCUT2D eigenvalue weighted by atomic mass is 9.85. The number of hydrazine groups is 1. The van der Waals surface area contributed by atoms with Gasteiger partial charge in [0.15, 0.2) is 11.5 Å². The molecule has 170 valence electrons. The normalized spacial score (nSPS) is 16.9. The maximum absolute atomic E-state index is 11.3. The molecular weight excluding hydrogens is 424 g/mol. The van der Waals surface area contributed by atoms with E-state index >= 15 is 0 Å². The summed E-state index contributed by atoms with van der Waals surface area (Å²) in [6.07, 6.45) is 3.25. The summed E-state index contributed by atoms with van der Waals surface area (Å²) in [4.78, 5) is 22.1. The standard InChI is InChI=1S/C19H28N6O5S/c1-12(10-25(31(27)28)23-19(20)26)13-4-6-24(7-5-13)18-14-8-16(29-2)17(30-3)9-15(14)21-11-22-18/h8-9,11-13H,4-7,10H2,1-3H3,(H,27,28)(H3,20,23,26)/p-1. The van der Waals surface area contributed by atoms with Crippen molar-refractivity contribution in [1.29, 1.82) is 0 Å². The molecule has 0 saturated carbocycles. The number of urea groups is 1. The van der Waals surface area contributed by atoms with E-state index in [0.29, 0.717) is 17.4 Å². The fraction of sp³-hybridized carbons (Fsp3) is 0.526. The number of piperidine rings is 1. The van der Waals surface area contributed by atoms with E-state index in [0.717, 1.165) is 47.1 Å². The highest BCUT2D eigenvalue weighted by Gasteiger charge is 2.27. The lowest BCUT2D eigenvalue weighted by Crippen LogP contribution is -2.49. The predicted molar refractivity (Wildman–Crippen MR) is 115 cm³/mol. The summed E-state index contributed by atoms with van der Waals surface area (Å²) in [5.74, 6) is 2.38. The van der Waals surface area contributed by atoms with E-state index in [2.05, 4.69) is 20.3 Å². The number of amides is 2. The van der Waals surface area contributed by atoms with E-state index in [-0.39, 0.29) is 12.5 Å². The summed E-state index contributed by atoms with van der Waals surface area (Å²) in [7, 11) is 3.17. The number of hydrogen-bond acceptors (Lipinski definition) is 8. The van der Waals surface area contributed by atoms with Crippen LogP contribution in [0.4, 0.5) is 10.6 Å². The first-order valence-corrected chi connectivity index (χ1v) is 10.9. The second-order valence-corrected chi connectivity index (χ2v) is 8.35. The van der Waals surface area contributed by atoms with Crippen molar-refractivity contribution < 1.29 is 23.0 Å². The van der Waals surface area contributed by atoms with Crippen molar-refractivity contribution in [2.45, 2.75) is 19.8 Å². The van der Waals surface area contributed by atoms with Crippen molar-refractivity contribution in [1.82, 2.24) is 19.8 Å². The highest BCUT2D eigenvalue weighted by atomic mass is 32.2. The minimum atomic E-state index is -2.59. The number of fused-ring (bicyclic) bond motifs is 1. The first kappa shape index (κ1) is 23.0. The van der Waals surface area contributed by atoms with Crippen LogP contribution in [0, 0.1) is 11.8 Å². The van der Waals surface area contributed by atoms with Gasteiger partial charge in [-0.1, -0.05) is 6.92 Å².